The van der Waals surface area contributed by atoms with Crippen LogP contribution in [-0.4, -0.2) is 40.0 Å². The van der Waals surface area contributed by atoms with E-state index in [2.05, 4.69) is 9.97 Å². The molecule has 2 heterocycles. The molecule has 2 aromatic heterocycles. The van der Waals surface area contributed by atoms with Crippen LogP contribution in [0, 0.1) is 0 Å². The molecule has 0 amide bonds. The Morgan fingerprint density at radius 1 is 0.613 bits per heavy atom. The molecule has 0 aliphatic rings. The van der Waals surface area contributed by atoms with E-state index in [9.17, 15) is 0 Å². The Balaban J connectivity index is 1.13. The Morgan fingerprint density at radius 3 is 1.42 bits per heavy atom. The molecule has 4 rings (SSSR count). The van der Waals surface area contributed by atoms with Crippen LogP contribution < -0.4 is 18.8 Å². The van der Waals surface area contributed by atoms with Crippen molar-refractivity contribution in [2.24, 2.45) is 0 Å². The van der Waals surface area contributed by atoms with Crippen LogP contribution in [0.1, 0.15) is 0 Å². The molecule has 2 aromatic carbocycles. The van der Waals surface area contributed by atoms with E-state index in [1.165, 1.54) is 7.69 Å². The normalized spacial score (nSPS) is 10.5. The SMILES string of the molecule is [B](Oc1ccc(OCCn2ccnc2)cc1)Oc1ccc(OCCn2ccnc2)cc1. The minimum Gasteiger partial charge on any atom is -0.526 e. The first-order valence-corrected chi connectivity index (χ1v) is 9.87. The number of benzene rings is 2. The number of nitrogens with zero attached hydrogens (tertiary/aromatic N) is 4. The molecule has 157 valence electrons. The highest BCUT2D eigenvalue weighted by Crippen LogP contribution is 2.19. The zero-order valence-electron chi connectivity index (χ0n) is 16.9. The number of imidazole rings is 2. The summed E-state index contributed by atoms with van der Waals surface area (Å²) in [5, 5.41) is 0. The van der Waals surface area contributed by atoms with Crippen molar-refractivity contribution in [2.75, 3.05) is 13.2 Å². The van der Waals surface area contributed by atoms with Gasteiger partial charge < -0.3 is 27.9 Å². The van der Waals surface area contributed by atoms with Gasteiger partial charge in [-0.3, -0.25) is 0 Å². The van der Waals surface area contributed by atoms with Crippen LogP contribution >= 0.6 is 0 Å². The van der Waals surface area contributed by atoms with E-state index >= 15 is 0 Å². The lowest BCUT2D eigenvalue weighted by molar-refractivity contribution is 0.298. The van der Waals surface area contributed by atoms with Crippen LogP contribution in [0.4, 0.5) is 0 Å². The van der Waals surface area contributed by atoms with E-state index in [0.29, 0.717) is 24.7 Å². The molecule has 0 unspecified atom stereocenters. The summed E-state index contributed by atoms with van der Waals surface area (Å²) < 4.78 is 26.4. The molecule has 0 fully saturated rings. The van der Waals surface area contributed by atoms with Gasteiger partial charge in [-0.1, -0.05) is 0 Å². The maximum atomic E-state index is 5.71. The zero-order valence-corrected chi connectivity index (χ0v) is 16.9. The van der Waals surface area contributed by atoms with Crippen LogP contribution in [0.15, 0.2) is 86.0 Å². The van der Waals surface area contributed by atoms with Crippen molar-refractivity contribution in [1.82, 2.24) is 19.1 Å². The Bertz CT molecular complexity index is 923. The summed E-state index contributed by atoms with van der Waals surface area (Å²) in [5.74, 6) is 2.86. The Kier molecular flexibility index (Phi) is 7.09. The van der Waals surface area contributed by atoms with E-state index in [1.807, 2.05) is 70.1 Å². The summed E-state index contributed by atoms with van der Waals surface area (Å²) in [6.45, 7) is 2.62. The van der Waals surface area contributed by atoms with Gasteiger partial charge in [-0.2, -0.15) is 0 Å². The molecule has 4 aromatic rings. The number of aromatic nitrogens is 4. The molecule has 8 nitrogen and oxygen atoms in total. The van der Waals surface area contributed by atoms with E-state index in [1.54, 1.807) is 25.0 Å². The van der Waals surface area contributed by atoms with Gasteiger partial charge in [0.2, 0.25) is 0 Å². The van der Waals surface area contributed by atoms with Gasteiger partial charge in [0.15, 0.2) is 0 Å². The average molecular weight is 417 g/mol. The van der Waals surface area contributed by atoms with Gasteiger partial charge in [0.1, 0.15) is 36.2 Å². The summed E-state index contributed by atoms with van der Waals surface area (Å²) in [6, 6.07) is 14.7. The second-order valence-electron chi connectivity index (χ2n) is 6.57. The standard InChI is InChI=1S/C22H22BN4O4/c1-5-21(6-2-19(1)28-15-13-26-11-9-24-17-26)30-23-31-22-7-3-20(4-8-22)29-16-14-27-12-10-25-18-27/h1-12,17-18H,13-16H2. The van der Waals surface area contributed by atoms with E-state index in [0.717, 1.165) is 24.6 Å². The summed E-state index contributed by atoms with van der Waals surface area (Å²) >= 11 is 0. The molecule has 0 aliphatic carbocycles. The summed E-state index contributed by atoms with van der Waals surface area (Å²) in [6.07, 6.45) is 10.8. The summed E-state index contributed by atoms with van der Waals surface area (Å²) in [7, 11) is 1.30. The van der Waals surface area contributed by atoms with Crippen LogP contribution in [0.2, 0.25) is 0 Å². The lowest BCUT2D eigenvalue weighted by Gasteiger charge is -2.10. The number of ether oxygens (including phenoxy) is 2. The predicted octanol–water partition coefficient (Wildman–Crippen LogP) is 3.23. The number of hydrogen-bond acceptors (Lipinski definition) is 6. The zero-order chi connectivity index (χ0) is 21.1. The monoisotopic (exact) mass is 417 g/mol. The average Bonchev–Trinajstić information content (AvgIpc) is 3.51. The minimum atomic E-state index is 0.565. The van der Waals surface area contributed by atoms with Crippen LogP contribution in [0.25, 0.3) is 0 Å². The Labute approximate surface area is 181 Å². The van der Waals surface area contributed by atoms with Crippen molar-refractivity contribution in [3.05, 3.63) is 86.0 Å². The van der Waals surface area contributed by atoms with Gasteiger partial charge in [0.25, 0.3) is 0 Å². The molecule has 0 atom stereocenters. The maximum Gasteiger partial charge on any atom is 0.658 e. The molecule has 0 saturated carbocycles. The fraction of sp³-hybridized carbons (Fsp3) is 0.182. The highest BCUT2D eigenvalue weighted by Gasteiger charge is 2.03. The Morgan fingerprint density at radius 2 is 1.03 bits per heavy atom. The van der Waals surface area contributed by atoms with Gasteiger partial charge in [0.05, 0.1) is 25.7 Å². The van der Waals surface area contributed by atoms with Crippen molar-refractivity contribution in [1.29, 1.82) is 0 Å². The van der Waals surface area contributed by atoms with Crippen molar-refractivity contribution in [3.63, 3.8) is 0 Å². The first-order valence-electron chi connectivity index (χ1n) is 9.87. The van der Waals surface area contributed by atoms with Crippen LogP contribution in [0.5, 0.6) is 23.0 Å². The van der Waals surface area contributed by atoms with Crippen LogP contribution in [0.3, 0.4) is 0 Å². The van der Waals surface area contributed by atoms with Gasteiger partial charge >= 0.3 is 7.69 Å². The van der Waals surface area contributed by atoms with E-state index in [4.69, 9.17) is 18.8 Å². The van der Waals surface area contributed by atoms with Gasteiger partial charge in [-0.25, -0.2) is 9.97 Å². The second-order valence-corrected chi connectivity index (χ2v) is 6.57. The summed E-state index contributed by atoms with van der Waals surface area (Å²) in [5.41, 5.74) is 0. The molecule has 0 bridgehead atoms. The molecule has 0 aliphatic heterocycles. The fourth-order valence-electron chi connectivity index (χ4n) is 2.74. The quantitative estimate of drug-likeness (QED) is 0.330. The van der Waals surface area contributed by atoms with Gasteiger partial charge in [-0.15, -0.1) is 0 Å². The van der Waals surface area contributed by atoms with Crippen LogP contribution in [-0.2, 0) is 13.1 Å². The molecule has 0 saturated heterocycles. The second kappa shape index (κ2) is 10.8. The summed E-state index contributed by atoms with van der Waals surface area (Å²) in [4.78, 5) is 8.00. The molecule has 0 spiro atoms. The predicted molar refractivity (Wildman–Crippen MR) is 115 cm³/mol. The molecule has 0 N–H and O–H groups in total. The van der Waals surface area contributed by atoms with E-state index in [-0.39, 0.29) is 0 Å². The third kappa shape index (κ3) is 6.57. The lowest BCUT2D eigenvalue weighted by Crippen LogP contribution is -2.11. The molecule has 31 heavy (non-hydrogen) atoms. The highest BCUT2D eigenvalue weighted by molar-refractivity contribution is 6.20. The minimum absolute atomic E-state index is 0.565. The number of rotatable bonds is 12. The molecular weight excluding hydrogens is 395 g/mol. The fourth-order valence-corrected chi connectivity index (χ4v) is 2.74. The third-order valence-corrected chi connectivity index (χ3v) is 4.37. The van der Waals surface area contributed by atoms with E-state index < -0.39 is 0 Å². The first-order chi connectivity index (χ1) is 15.3. The third-order valence-electron chi connectivity index (χ3n) is 4.37. The van der Waals surface area contributed by atoms with Crippen molar-refractivity contribution >= 4 is 7.69 Å². The van der Waals surface area contributed by atoms with Gasteiger partial charge in [0, 0.05) is 24.8 Å². The Hall–Kier alpha value is -3.88. The topological polar surface area (TPSA) is 72.6 Å². The smallest absolute Gasteiger partial charge is 0.526 e. The number of hydrogen-bond donors (Lipinski definition) is 0. The highest BCUT2D eigenvalue weighted by atomic mass is 16.6. The largest absolute Gasteiger partial charge is 0.658 e. The van der Waals surface area contributed by atoms with Crippen molar-refractivity contribution in [3.8, 4) is 23.0 Å². The molecular formula is C22H22BN4O4. The van der Waals surface area contributed by atoms with Crippen molar-refractivity contribution < 1.29 is 18.8 Å². The lowest BCUT2D eigenvalue weighted by atomic mass is 10.3. The van der Waals surface area contributed by atoms with Crippen molar-refractivity contribution in [2.45, 2.75) is 13.1 Å². The maximum absolute atomic E-state index is 5.71. The van der Waals surface area contributed by atoms with Gasteiger partial charge in [-0.05, 0) is 48.5 Å². The molecule has 9 heteroatoms. The first kappa shape index (κ1) is 20.4. The molecule has 1 radical (unpaired) electrons.